The quantitative estimate of drug-likeness (QED) is 0.430. The van der Waals surface area contributed by atoms with Gasteiger partial charge in [0.2, 0.25) is 5.91 Å². The maximum Gasteiger partial charge on any atom is 0.239 e. The average molecular weight is 447 g/mol. The number of thioether (sulfide) groups is 1. The van der Waals surface area contributed by atoms with Crippen molar-refractivity contribution >= 4 is 50.2 Å². The van der Waals surface area contributed by atoms with Gasteiger partial charge in [0.1, 0.15) is 34.3 Å². The zero-order valence-corrected chi connectivity index (χ0v) is 17.8. The number of amides is 1. The van der Waals surface area contributed by atoms with Gasteiger partial charge in [0.25, 0.3) is 0 Å². The number of carbonyl (C=O) groups excluding carboxylic acids is 1. The first-order valence-electron chi connectivity index (χ1n) is 9.02. The Balaban J connectivity index is 1.63. The largest absolute Gasteiger partial charge is 0.464 e. The summed E-state index contributed by atoms with van der Waals surface area (Å²) in [5.74, 6) is 0.00189. The molecule has 0 aliphatic carbocycles. The normalized spacial score (nSPS) is 11.6. The number of anilines is 2. The minimum Gasteiger partial charge on any atom is -0.464 e. The fourth-order valence-electron chi connectivity index (χ4n) is 2.90. The zero-order valence-electron chi connectivity index (χ0n) is 16.1. The SMILES string of the molecule is CC(Sc1nc(N)c(C#N)c(-c2ccco2)c1C#N)C(=O)Nc1nc2ccccc2s1. The molecule has 3 aromatic heterocycles. The van der Waals surface area contributed by atoms with Crippen LogP contribution in [0, 0.1) is 22.7 Å². The highest BCUT2D eigenvalue weighted by Gasteiger charge is 2.25. The number of nitrogen functional groups attached to an aromatic ring is 1. The second-order valence-electron chi connectivity index (χ2n) is 6.36. The molecular formula is C21H14N6O2S2. The van der Waals surface area contributed by atoms with Crippen LogP contribution < -0.4 is 11.1 Å². The summed E-state index contributed by atoms with van der Waals surface area (Å²) in [6.07, 6.45) is 1.44. The minimum atomic E-state index is -0.608. The van der Waals surface area contributed by atoms with Crippen LogP contribution in [0.2, 0.25) is 0 Å². The maximum atomic E-state index is 12.7. The number of benzene rings is 1. The lowest BCUT2D eigenvalue weighted by atomic mass is 10.0. The molecule has 0 saturated heterocycles. The Kier molecular flexibility index (Phi) is 5.58. The van der Waals surface area contributed by atoms with Crippen molar-refractivity contribution in [3.63, 3.8) is 0 Å². The van der Waals surface area contributed by atoms with E-state index in [0.29, 0.717) is 10.9 Å². The van der Waals surface area contributed by atoms with Crippen LogP contribution in [0.15, 0.2) is 52.1 Å². The van der Waals surface area contributed by atoms with Gasteiger partial charge in [-0.2, -0.15) is 10.5 Å². The molecule has 0 spiro atoms. The number of nitriles is 2. The molecule has 0 fully saturated rings. The smallest absolute Gasteiger partial charge is 0.239 e. The molecule has 4 rings (SSSR count). The summed E-state index contributed by atoms with van der Waals surface area (Å²) >= 11 is 2.45. The summed E-state index contributed by atoms with van der Waals surface area (Å²) in [4.78, 5) is 21.3. The molecule has 3 N–H and O–H groups in total. The lowest BCUT2D eigenvalue weighted by Gasteiger charge is -2.14. The standard InChI is InChI=1S/C21H14N6O2S2/c1-11(19(28)27-21-25-14-5-2-3-7-16(14)31-21)30-20-13(10-23)17(15-6-4-8-29-15)12(9-22)18(24)26-20/h2-8,11H,1H3,(H2,24,26)(H,25,27,28). The Morgan fingerprint density at radius 3 is 2.65 bits per heavy atom. The van der Waals surface area contributed by atoms with Gasteiger partial charge in [0.05, 0.1) is 32.9 Å². The fraction of sp³-hybridized carbons (Fsp3) is 0.0952. The molecule has 1 atom stereocenters. The number of carbonyl (C=O) groups is 1. The number of pyridine rings is 1. The molecule has 31 heavy (non-hydrogen) atoms. The van der Waals surface area contributed by atoms with Crippen LogP contribution in [-0.2, 0) is 4.79 Å². The summed E-state index contributed by atoms with van der Waals surface area (Å²) in [5, 5.41) is 22.2. The Morgan fingerprint density at radius 1 is 1.19 bits per heavy atom. The maximum absolute atomic E-state index is 12.7. The number of aromatic nitrogens is 2. The molecular weight excluding hydrogens is 432 g/mol. The average Bonchev–Trinajstić information content (AvgIpc) is 3.42. The molecule has 1 amide bonds. The van der Waals surface area contributed by atoms with E-state index in [-0.39, 0.29) is 33.4 Å². The van der Waals surface area contributed by atoms with Crippen LogP contribution in [0.25, 0.3) is 21.5 Å². The Hall–Kier alpha value is -3.86. The molecule has 152 valence electrons. The van der Waals surface area contributed by atoms with Crippen molar-refractivity contribution in [1.82, 2.24) is 9.97 Å². The van der Waals surface area contributed by atoms with Crippen molar-refractivity contribution in [2.45, 2.75) is 17.2 Å². The van der Waals surface area contributed by atoms with Crippen LogP contribution in [0.5, 0.6) is 0 Å². The van der Waals surface area contributed by atoms with Crippen LogP contribution in [0.1, 0.15) is 18.1 Å². The van der Waals surface area contributed by atoms with E-state index in [9.17, 15) is 15.3 Å². The predicted molar refractivity (Wildman–Crippen MR) is 119 cm³/mol. The van der Waals surface area contributed by atoms with Crippen molar-refractivity contribution in [1.29, 1.82) is 10.5 Å². The number of hydrogen-bond donors (Lipinski definition) is 2. The van der Waals surface area contributed by atoms with E-state index in [1.54, 1.807) is 19.1 Å². The third-order valence-corrected chi connectivity index (χ3v) is 6.40. The van der Waals surface area contributed by atoms with Gasteiger partial charge in [0.15, 0.2) is 5.13 Å². The molecule has 10 heteroatoms. The second-order valence-corrected chi connectivity index (χ2v) is 8.72. The molecule has 1 unspecified atom stereocenters. The second kappa shape index (κ2) is 8.48. The van der Waals surface area contributed by atoms with Crippen molar-refractivity contribution in [3.8, 4) is 23.5 Å². The predicted octanol–water partition coefficient (Wildman–Crippen LogP) is 4.40. The van der Waals surface area contributed by atoms with Crippen LogP contribution in [-0.4, -0.2) is 21.1 Å². The van der Waals surface area contributed by atoms with Gasteiger partial charge in [-0.05, 0) is 31.2 Å². The van der Waals surface area contributed by atoms with Gasteiger partial charge < -0.3 is 15.5 Å². The summed E-state index contributed by atoms with van der Waals surface area (Å²) in [7, 11) is 0. The van der Waals surface area contributed by atoms with E-state index >= 15 is 0 Å². The number of hydrogen-bond acceptors (Lipinski definition) is 9. The Morgan fingerprint density at radius 2 is 1.97 bits per heavy atom. The first-order valence-corrected chi connectivity index (χ1v) is 10.7. The zero-order chi connectivity index (χ0) is 22.0. The van der Waals surface area contributed by atoms with E-state index in [1.165, 1.54) is 17.6 Å². The highest BCUT2D eigenvalue weighted by Crippen LogP contribution is 2.37. The van der Waals surface area contributed by atoms with Crippen molar-refractivity contribution in [2.75, 3.05) is 11.1 Å². The van der Waals surface area contributed by atoms with Gasteiger partial charge in [-0.15, -0.1) is 0 Å². The molecule has 0 saturated carbocycles. The number of fused-ring (bicyclic) bond motifs is 1. The highest BCUT2D eigenvalue weighted by atomic mass is 32.2. The van der Waals surface area contributed by atoms with Gasteiger partial charge in [-0.3, -0.25) is 4.79 Å². The van der Waals surface area contributed by atoms with Crippen LogP contribution in [0.3, 0.4) is 0 Å². The lowest BCUT2D eigenvalue weighted by molar-refractivity contribution is -0.115. The molecule has 0 aliphatic rings. The molecule has 1 aromatic carbocycles. The van der Waals surface area contributed by atoms with E-state index in [2.05, 4.69) is 21.4 Å². The molecule has 0 bridgehead atoms. The first kappa shape index (κ1) is 20.4. The number of nitrogens with two attached hydrogens (primary N) is 1. The van der Waals surface area contributed by atoms with Crippen molar-refractivity contribution in [2.24, 2.45) is 0 Å². The highest BCUT2D eigenvalue weighted by molar-refractivity contribution is 8.00. The van der Waals surface area contributed by atoms with Crippen LogP contribution >= 0.6 is 23.1 Å². The number of thiazole rings is 1. The third kappa shape index (κ3) is 3.94. The van der Waals surface area contributed by atoms with Gasteiger partial charge >= 0.3 is 0 Å². The number of rotatable bonds is 5. The summed E-state index contributed by atoms with van der Waals surface area (Å²) in [6, 6.07) is 14.9. The van der Waals surface area contributed by atoms with Crippen molar-refractivity contribution in [3.05, 3.63) is 53.8 Å². The number of nitrogens with one attached hydrogen (secondary N) is 1. The number of para-hydroxylation sites is 1. The minimum absolute atomic E-state index is 0.0332. The molecule has 3 heterocycles. The summed E-state index contributed by atoms with van der Waals surface area (Å²) in [6.45, 7) is 1.69. The Bertz CT molecular complexity index is 1330. The van der Waals surface area contributed by atoms with E-state index in [4.69, 9.17) is 10.2 Å². The van der Waals surface area contributed by atoms with Crippen molar-refractivity contribution < 1.29 is 9.21 Å². The van der Waals surface area contributed by atoms with E-state index < -0.39 is 5.25 Å². The third-order valence-electron chi connectivity index (χ3n) is 4.36. The monoisotopic (exact) mass is 446 g/mol. The van der Waals surface area contributed by atoms with Crippen LogP contribution in [0.4, 0.5) is 10.9 Å². The topological polar surface area (TPSA) is 142 Å². The Labute approximate surface area is 185 Å². The summed E-state index contributed by atoms with van der Waals surface area (Å²) < 4.78 is 6.36. The van der Waals surface area contributed by atoms with E-state index in [0.717, 1.165) is 22.0 Å². The molecule has 8 nitrogen and oxygen atoms in total. The first-order chi connectivity index (χ1) is 15.0. The summed E-state index contributed by atoms with van der Waals surface area (Å²) in [5.41, 5.74) is 7.23. The van der Waals surface area contributed by atoms with E-state index in [1.807, 2.05) is 30.3 Å². The number of furan rings is 1. The lowest BCUT2D eigenvalue weighted by Crippen LogP contribution is -2.22. The fourth-order valence-corrected chi connectivity index (χ4v) is 4.69. The van der Waals surface area contributed by atoms with Gasteiger partial charge in [-0.1, -0.05) is 35.2 Å². The number of nitrogens with zero attached hydrogens (tertiary/aromatic N) is 4. The molecule has 4 aromatic rings. The molecule has 0 aliphatic heterocycles. The van der Waals surface area contributed by atoms with Gasteiger partial charge in [0, 0.05) is 0 Å². The molecule has 0 radical (unpaired) electrons. The van der Waals surface area contributed by atoms with Gasteiger partial charge in [-0.25, -0.2) is 9.97 Å².